The van der Waals surface area contributed by atoms with Crippen molar-refractivity contribution in [2.75, 3.05) is 0 Å². The summed E-state index contributed by atoms with van der Waals surface area (Å²) in [5.74, 6) is 1.54. The van der Waals surface area contributed by atoms with Crippen LogP contribution in [0.25, 0.3) is 0 Å². The second-order valence-corrected chi connectivity index (χ2v) is 7.42. The second-order valence-electron chi connectivity index (χ2n) is 6.44. The summed E-state index contributed by atoms with van der Waals surface area (Å²) in [7, 11) is 0. The lowest BCUT2D eigenvalue weighted by Crippen LogP contribution is -2.49. The third-order valence-electron chi connectivity index (χ3n) is 5.11. The van der Waals surface area contributed by atoms with Crippen molar-refractivity contribution in [3.05, 3.63) is 22.4 Å². The van der Waals surface area contributed by atoms with Gasteiger partial charge in [0.2, 0.25) is 5.91 Å². The van der Waals surface area contributed by atoms with Gasteiger partial charge in [0, 0.05) is 16.8 Å². The number of amides is 1. The molecular weight excluding hydrogens is 304 g/mol. The van der Waals surface area contributed by atoms with Crippen molar-refractivity contribution in [3.8, 4) is 0 Å². The van der Waals surface area contributed by atoms with E-state index in [0.29, 0.717) is 17.9 Å². The van der Waals surface area contributed by atoms with Crippen molar-refractivity contribution in [3.63, 3.8) is 0 Å². The van der Waals surface area contributed by atoms with Crippen LogP contribution in [0.1, 0.15) is 49.9 Å². The van der Waals surface area contributed by atoms with E-state index in [4.69, 9.17) is 5.73 Å². The standard InChI is InChI=1S/C16H24N2OS.ClH/c1-10(14-6-3-7-20-14)18-16(19)13-8-11-4-2-5-12(9-13)15(11)17;/h3,6-7,10-13,15H,2,4-5,8-9,17H2,1H3,(H,18,19);1H. The highest BCUT2D eigenvalue weighted by Crippen LogP contribution is 2.42. The summed E-state index contributed by atoms with van der Waals surface area (Å²) in [4.78, 5) is 13.7. The molecule has 2 aliphatic rings. The van der Waals surface area contributed by atoms with Crippen LogP contribution in [0.3, 0.4) is 0 Å². The molecule has 3 rings (SSSR count). The Bertz CT molecular complexity index is 451. The van der Waals surface area contributed by atoms with Gasteiger partial charge in [0.1, 0.15) is 0 Å². The predicted molar refractivity (Wildman–Crippen MR) is 89.7 cm³/mol. The van der Waals surface area contributed by atoms with Crippen LogP contribution in [0.2, 0.25) is 0 Å². The highest BCUT2D eigenvalue weighted by atomic mass is 35.5. The van der Waals surface area contributed by atoms with Crippen LogP contribution in [-0.4, -0.2) is 11.9 Å². The SMILES string of the molecule is CC(NC(=O)C1CC2CCCC(C1)C2N)c1cccs1.Cl. The number of nitrogens with two attached hydrogens (primary N) is 1. The van der Waals surface area contributed by atoms with E-state index in [9.17, 15) is 4.79 Å². The number of nitrogens with one attached hydrogen (secondary N) is 1. The molecule has 1 heterocycles. The van der Waals surface area contributed by atoms with Gasteiger partial charge in [0.15, 0.2) is 0 Å². The smallest absolute Gasteiger partial charge is 0.223 e. The van der Waals surface area contributed by atoms with Gasteiger partial charge in [-0.25, -0.2) is 0 Å². The van der Waals surface area contributed by atoms with Gasteiger partial charge < -0.3 is 11.1 Å². The number of carbonyl (C=O) groups is 1. The zero-order valence-electron chi connectivity index (χ0n) is 12.5. The fourth-order valence-electron chi connectivity index (χ4n) is 3.94. The molecule has 21 heavy (non-hydrogen) atoms. The van der Waals surface area contributed by atoms with Crippen LogP contribution < -0.4 is 11.1 Å². The van der Waals surface area contributed by atoms with Gasteiger partial charge in [0.25, 0.3) is 0 Å². The first-order chi connectivity index (χ1) is 9.65. The van der Waals surface area contributed by atoms with Crippen molar-refractivity contribution in [1.29, 1.82) is 0 Å². The van der Waals surface area contributed by atoms with E-state index in [0.717, 1.165) is 12.8 Å². The van der Waals surface area contributed by atoms with E-state index < -0.39 is 0 Å². The van der Waals surface area contributed by atoms with E-state index in [-0.39, 0.29) is 30.3 Å². The third-order valence-corrected chi connectivity index (χ3v) is 6.17. The number of halogens is 1. The molecule has 3 nitrogen and oxygen atoms in total. The molecule has 3 N–H and O–H groups in total. The van der Waals surface area contributed by atoms with E-state index in [1.807, 2.05) is 6.07 Å². The van der Waals surface area contributed by atoms with Gasteiger partial charge in [0.05, 0.1) is 6.04 Å². The lowest BCUT2D eigenvalue weighted by atomic mass is 9.65. The molecule has 2 fully saturated rings. The Morgan fingerprint density at radius 2 is 2.05 bits per heavy atom. The Labute approximate surface area is 137 Å². The Balaban J connectivity index is 0.00000161. The molecule has 5 heteroatoms. The molecule has 0 radical (unpaired) electrons. The third kappa shape index (κ3) is 3.61. The molecule has 0 aliphatic heterocycles. The van der Waals surface area contributed by atoms with Crippen LogP contribution >= 0.6 is 23.7 Å². The molecule has 2 bridgehead atoms. The number of carbonyl (C=O) groups excluding carboxylic acids is 1. The molecule has 2 aliphatic carbocycles. The van der Waals surface area contributed by atoms with E-state index in [1.165, 1.54) is 24.1 Å². The molecule has 118 valence electrons. The van der Waals surface area contributed by atoms with Gasteiger partial charge in [-0.05, 0) is 55.9 Å². The van der Waals surface area contributed by atoms with Gasteiger partial charge in [-0.1, -0.05) is 12.5 Å². The summed E-state index contributed by atoms with van der Waals surface area (Å²) in [6.07, 6.45) is 5.69. The molecular formula is C16H25ClN2OS. The van der Waals surface area contributed by atoms with Crippen molar-refractivity contribution in [2.24, 2.45) is 23.5 Å². The molecule has 0 aromatic carbocycles. The lowest BCUT2D eigenvalue weighted by molar-refractivity contribution is -0.128. The average molecular weight is 329 g/mol. The summed E-state index contributed by atoms with van der Waals surface area (Å²) in [6.45, 7) is 2.07. The van der Waals surface area contributed by atoms with E-state index in [2.05, 4.69) is 23.7 Å². The normalized spacial score (nSPS) is 32.9. The largest absolute Gasteiger partial charge is 0.349 e. The Hall–Kier alpha value is -0.580. The Kier molecular flexibility index (Phi) is 5.69. The number of fused-ring (bicyclic) bond motifs is 2. The van der Waals surface area contributed by atoms with Gasteiger partial charge >= 0.3 is 0 Å². The summed E-state index contributed by atoms with van der Waals surface area (Å²) >= 11 is 1.70. The maximum absolute atomic E-state index is 12.5. The fourth-order valence-corrected chi connectivity index (χ4v) is 4.68. The minimum atomic E-state index is 0. The molecule has 2 saturated carbocycles. The molecule has 3 unspecified atom stereocenters. The maximum atomic E-state index is 12.5. The van der Waals surface area contributed by atoms with Crippen LogP contribution in [0.5, 0.6) is 0 Å². The quantitative estimate of drug-likeness (QED) is 0.892. The van der Waals surface area contributed by atoms with Crippen LogP contribution in [0.4, 0.5) is 0 Å². The Morgan fingerprint density at radius 3 is 2.62 bits per heavy atom. The highest BCUT2D eigenvalue weighted by molar-refractivity contribution is 7.10. The zero-order chi connectivity index (χ0) is 14.1. The van der Waals surface area contributed by atoms with E-state index >= 15 is 0 Å². The number of hydrogen-bond acceptors (Lipinski definition) is 3. The second kappa shape index (κ2) is 7.12. The summed E-state index contributed by atoms with van der Waals surface area (Å²) in [5, 5.41) is 5.24. The first-order valence-corrected chi connectivity index (χ1v) is 8.62. The fraction of sp³-hybridized carbons (Fsp3) is 0.688. The van der Waals surface area contributed by atoms with Gasteiger partial charge in [-0.3, -0.25) is 4.79 Å². The number of hydrogen-bond donors (Lipinski definition) is 2. The van der Waals surface area contributed by atoms with E-state index in [1.54, 1.807) is 11.3 Å². The van der Waals surface area contributed by atoms with Crippen LogP contribution in [-0.2, 0) is 4.79 Å². The topological polar surface area (TPSA) is 55.1 Å². The molecule has 1 aromatic heterocycles. The molecule has 0 spiro atoms. The molecule has 3 atom stereocenters. The first kappa shape index (κ1) is 16.8. The Morgan fingerprint density at radius 1 is 1.38 bits per heavy atom. The van der Waals surface area contributed by atoms with Crippen molar-refractivity contribution < 1.29 is 4.79 Å². The maximum Gasteiger partial charge on any atom is 0.223 e. The van der Waals surface area contributed by atoms with Crippen LogP contribution in [0.15, 0.2) is 17.5 Å². The van der Waals surface area contributed by atoms with Crippen molar-refractivity contribution >= 4 is 29.7 Å². The van der Waals surface area contributed by atoms with Gasteiger partial charge in [-0.15, -0.1) is 23.7 Å². The monoisotopic (exact) mass is 328 g/mol. The average Bonchev–Trinajstić information content (AvgIpc) is 2.92. The molecule has 1 aromatic rings. The first-order valence-electron chi connectivity index (χ1n) is 7.74. The van der Waals surface area contributed by atoms with Gasteiger partial charge in [-0.2, -0.15) is 0 Å². The summed E-state index contributed by atoms with van der Waals surface area (Å²) in [5.41, 5.74) is 6.30. The number of rotatable bonds is 3. The minimum absolute atomic E-state index is 0. The molecule has 0 saturated heterocycles. The molecule has 1 amide bonds. The van der Waals surface area contributed by atoms with Crippen molar-refractivity contribution in [1.82, 2.24) is 5.32 Å². The minimum Gasteiger partial charge on any atom is -0.349 e. The zero-order valence-corrected chi connectivity index (χ0v) is 14.1. The summed E-state index contributed by atoms with van der Waals surface area (Å²) < 4.78 is 0. The predicted octanol–water partition coefficient (Wildman–Crippen LogP) is 3.50. The lowest BCUT2D eigenvalue weighted by Gasteiger charge is -2.43. The van der Waals surface area contributed by atoms with Crippen LogP contribution in [0, 0.1) is 17.8 Å². The highest BCUT2D eigenvalue weighted by Gasteiger charge is 2.40. The number of thiophene rings is 1. The summed E-state index contributed by atoms with van der Waals surface area (Å²) in [6, 6.07) is 4.58. The van der Waals surface area contributed by atoms with Crippen molar-refractivity contribution in [2.45, 2.75) is 51.1 Å².